The second kappa shape index (κ2) is 10.5. The number of amides is 2. The van der Waals surface area contributed by atoms with Crippen LogP contribution in [0.2, 0.25) is 0 Å². The van der Waals surface area contributed by atoms with Crippen molar-refractivity contribution in [1.82, 2.24) is 20.1 Å². The van der Waals surface area contributed by atoms with Crippen LogP contribution in [0.15, 0.2) is 54.7 Å². The van der Waals surface area contributed by atoms with E-state index in [1.807, 2.05) is 0 Å². The van der Waals surface area contributed by atoms with E-state index in [1.54, 1.807) is 12.1 Å². The van der Waals surface area contributed by atoms with E-state index < -0.39 is 53.7 Å². The van der Waals surface area contributed by atoms with Gasteiger partial charge < -0.3 is 11.1 Å². The van der Waals surface area contributed by atoms with Crippen LogP contribution in [-0.4, -0.2) is 26.6 Å². The Labute approximate surface area is 240 Å². The average molecular weight is 600 g/mol. The van der Waals surface area contributed by atoms with Gasteiger partial charge in [0.05, 0.1) is 17.3 Å². The standard InChI is InChI=1S/C30H23F6N5O2/c31-17-6-14(7-18(32)12-17)8-24(26-19(2-1-5-38-26)15-3-4-23(33)21(9-15)29(37)43)39-25(42)13-41-27-20-10-16(20)11-22(27)28(40-41)30(34,35)36/h1-7,9,12,16,20,24H,8,10-11,13H2,(H2,37,43)(H,39,42)/t16-,20?,24+/m1/s1. The minimum atomic E-state index is -4.67. The predicted molar refractivity (Wildman–Crippen MR) is 141 cm³/mol. The zero-order chi connectivity index (χ0) is 30.6. The second-order valence-corrected chi connectivity index (χ2v) is 10.8. The van der Waals surface area contributed by atoms with Crippen LogP contribution in [0.25, 0.3) is 11.1 Å². The maximum Gasteiger partial charge on any atom is 0.435 e. The Morgan fingerprint density at radius 3 is 2.51 bits per heavy atom. The molecule has 3 N–H and O–H groups in total. The first-order valence-corrected chi connectivity index (χ1v) is 13.3. The van der Waals surface area contributed by atoms with Crippen molar-refractivity contribution in [2.45, 2.75) is 43.9 Å². The predicted octanol–water partition coefficient (Wildman–Crippen LogP) is 5.24. The van der Waals surface area contributed by atoms with Crippen LogP contribution in [0, 0.1) is 23.4 Å². The fourth-order valence-electron chi connectivity index (χ4n) is 5.92. The Morgan fingerprint density at radius 1 is 1.07 bits per heavy atom. The maximum atomic E-state index is 14.2. The highest BCUT2D eigenvalue weighted by atomic mass is 19.4. The molecule has 6 rings (SSSR count). The zero-order valence-electron chi connectivity index (χ0n) is 22.3. The highest BCUT2D eigenvalue weighted by molar-refractivity contribution is 5.94. The molecule has 2 aromatic carbocycles. The molecule has 2 heterocycles. The number of primary amides is 1. The summed E-state index contributed by atoms with van der Waals surface area (Å²) in [6.07, 6.45) is -2.44. The molecule has 7 nitrogen and oxygen atoms in total. The van der Waals surface area contributed by atoms with E-state index in [1.165, 1.54) is 18.3 Å². The fraction of sp³-hybridized carbons (Fsp3) is 0.267. The SMILES string of the molecule is NC(=O)c1cc(-c2cccnc2[C@H](Cc2cc(F)cc(F)c2)NC(=O)Cn2nc(C(F)(F)F)c3c2C2C[C@@H]2C3)ccc1F. The van der Waals surface area contributed by atoms with Crippen molar-refractivity contribution in [2.75, 3.05) is 0 Å². The Balaban J connectivity index is 1.36. The van der Waals surface area contributed by atoms with Crippen LogP contribution in [-0.2, 0) is 30.4 Å². The lowest BCUT2D eigenvalue weighted by atomic mass is 9.94. The molecule has 0 spiro atoms. The molecular weight excluding hydrogens is 576 g/mol. The maximum absolute atomic E-state index is 14.2. The molecule has 222 valence electrons. The molecule has 0 bridgehead atoms. The van der Waals surface area contributed by atoms with Gasteiger partial charge in [0.1, 0.15) is 24.0 Å². The second-order valence-electron chi connectivity index (χ2n) is 10.8. The number of nitrogens with zero attached hydrogens (tertiary/aromatic N) is 3. The number of benzene rings is 2. The first-order valence-electron chi connectivity index (χ1n) is 13.3. The van der Waals surface area contributed by atoms with E-state index in [2.05, 4.69) is 15.4 Å². The molecule has 2 aliphatic carbocycles. The van der Waals surface area contributed by atoms with Gasteiger partial charge in [-0.05, 0) is 66.6 Å². The summed E-state index contributed by atoms with van der Waals surface area (Å²) in [6.45, 7) is -0.528. The molecule has 1 saturated carbocycles. The molecule has 0 saturated heterocycles. The quantitative estimate of drug-likeness (QED) is 0.271. The number of nitrogens with two attached hydrogens (primary N) is 1. The number of hydrogen-bond donors (Lipinski definition) is 2. The number of alkyl halides is 3. The van der Waals surface area contributed by atoms with Crippen molar-refractivity contribution in [3.63, 3.8) is 0 Å². The summed E-state index contributed by atoms with van der Waals surface area (Å²) >= 11 is 0. The Kier molecular flexibility index (Phi) is 6.98. The molecule has 13 heteroatoms. The fourth-order valence-corrected chi connectivity index (χ4v) is 5.92. The summed E-state index contributed by atoms with van der Waals surface area (Å²) in [7, 11) is 0. The summed E-state index contributed by atoms with van der Waals surface area (Å²) < 4.78 is 84.5. The van der Waals surface area contributed by atoms with E-state index in [0.717, 1.165) is 29.3 Å². The van der Waals surface area contributed by atoms with Gasteiger partial charge in [0.15, 0.2) is 5.69 Å². The number of rotatable bonds is 8. The van der Waals surface area contributed by atoms with Gasteiger partial charge in [0.25, 0.3) is 5.91 Å². The summed E-state index contributed by atoms with van der Waals surface area (Å²) in [4.78, 5) is 29.6. The minimum Gasteiger partial charge on any atom is -0.366 e. The number of halogens is 6. The van der Waals surface area contributed by atoms with Crippen LogP contribution in [0.1, 0.15) is 56.9 Å². The number of pyridine rings is 1. The number of carbonyl (C=O) groups is 2. The summed E-state index contributed by atoms with van der Waals surface area (Å²) in [6, 6.07) is 8.59. The topological polar surface area (TPSA) is 103 Å². The number of hydrogen-bond acceptors (Lipinski definition) is 4. The molecule has 3 atom stereocenters. The largest absolute Gasteiger partial charge is 0.435 e. The highest BCUT2D eigenvalue weighted by Crippen LogP contribution is 2.58. The number of carbonyl (C=O) groups excluding carboxylic acids is 2. The van der Waals surface area contributed by atoms with Crippen molar-refractivity contribution >= 4 is 11.8 Å². The van der Waals surface area contributed by atoms with Gasteiger partial charge in [-0.2, -0.15) is 18.3 Å². The van der Waals surface area contributed by atoms with Crippen molar-refractivity contribution < 1.29 is 35.9 Å². The third-order valence-corrected chi connectivity index (χ3v) is 7.80. The van der Waals surface area contributed by atoms with E-state index in [0.29, 0.717) is 22.9 Å². The van der Waals surface area contributed by atoms with Gasteiger partial charge in [-0.15, -0.1) is 0 Å². The van der Waals surface area contributed by atoms with Gasteiger partial charge in [-0.1, -0.05) is 12.1 Å². The minimum absolute atomic E-state index is 0.0854. The highest BCUT2D eigenvalue weighted by Gasteiger charge is 2.53. The molecule has 0 aliphatic heterocycles. The number of fused-ring (bicyclic) bond motifs is 3. The normalized spacial score (nSPS) is 17.7. The first kappa shape index (κ1) is 28.4. The zero-order valence-corrected chi connectivity index (χ0v) is 22.3. The lowest BCUT2D eigenvalue weighted by molar-refractivity contribution is -0.142. The van der Waals surface area contributed by atoms with E-state index in [4.69, 9.17) is 5.73 Å². The van der Waals surface area contributed by atoms with Crippen LogP contribution in [0.3, 0.4) is 0 Å². The van der Waals surface area contributed by atoms with Crippen LogP contribution >= 0.6 is 0 Å². The molecule has 2 aliphatic rings. The lowest BCUT2D eigenvalue weighted by Crippen LogP contribution is -2.34. The molecule has 43 heavy (non-hydrogen) atoms. The first-order chi connectivity index (χ1) is 20.4. The third-order valence-electron chi connectivity index (χ3n) is 7.80. The molecule has 1 unspecified atom stereocenters. The van der Waals surface area contributed by atoms with Gasteiger partial charge in [0, 0.05) is 35.0 Å². The van der Waals surface area contributed by atoms with E-state index >= 15 is 0 Å². The molecule has 1 fully saturated rings. The van der Waals surface area contributed by atoms with E-state index in [9.17, 15) is 35.9 Å². The van der Waals surface area contributed by atoms with Gasteiger partial charge in [-0.25, -0.2) is 13.2 Å². The molecule has 2 amide bonds. The van der Waals surface area contributed by atoms with Crippen molar-refractivity contribution in [3.8, 4) is 11.1 Å². The van der Waals surface area contributed by atoms with Crippen molar-refractivity contribution in [1.29, 1.82) is 0 Å². The Hall–Kier alpha value is -4.68. The summed E-state index contributed by atoms with van der Waals surface area (Å²) in [5.41, 5.74) is 5.48. The summed E-state index contributed by atoms with van der Waals surface area (Å²) in [5, 5.41) is 6.49. The van der Waals surface area contributed by atoms with Gasteiger partial charge in [-0.3, -0.25) is 19.3 Å². The van der Waals surface area contributed by atoms with Crippen LogP contribution < -0.4 is 11.1 Å². The molecular formula is C30H23F6N5O2. The van der Waals surface area contributed by atoms with Crippen molar-refractivity contribution in [2.24, 2.45) is 11.7 Å². The average Bonchev–Trinajstić information content (AvgIpc) is 3.43. The third kappa shape index (κ3) is 5.58. The van der Waals surface area contributed by atoms with Gasteiger partial charge >= 0.3 is 6.18 Å². The number of nitrogens with one attached hydrogen (secondary N) is 1. The van der Waals surface area contributed by atoms with E-state index in [-0.39, 0.29) is 47.1 Å². The Morgan fingerprint density at radius 2 is 1.81 bits per heavy atom. The van der Waals surface area contributed by atoms with Crippen LogP contribution in [0.5, 0.6) is 0 Å². The smallest absolute Gasteiger partial charge is 0.366 e. The lowest BCUT2D eigenvalue weighted by Gasteiger charge is -2.22. The monoisotopic (exact) mass is 599 g/mol. The van der Waals surface area contributed by atoms with Crippen LogP contribution in [0.4, 0.5) is 26.3 Å². The Bertz CT molecular complexity index is 1750. The van der Waals surface area contributed by atoms with Crippen molar-refractivity contribution in [3.05, 3.63) is 106 Å². The molecule has 2 aromatic heterocycles. The number of aromatic nitrogens is 3. The molecule has 4 aromatic rings. The van der Waals surface area contributed by atoms with Gasteiger partial charge in [0.2, 0.25) is 5.91 Å². The summed E-state index contributed by atoms with van der Waals surface area (Å²) in [5.74, 6) is -4.24. The molecule has 0 radical (unpaired) electrons.